The van der Waals surface area contributed by atoms with Crippen molar-refractivity contribution in [2.24, 2.45) is 0 Å². The molecule has 1 aliphatic rings. The first kappa shape index (κ1) is 17.5. The Hall–Kier alpha value is -2.31. The standard InChI is InChI=1S/C18H19ClN2O4/c19-12-5-7-13(8-6-12)20-17(23)18(24)21-9-1-3-14(21)11-15(22)16-4-2-10-25-16/h2,4-8,10,14-15,22H,1,3,9,11H2,(H,20,23)/t14-,15-/m0/s1. The SMILES string of the molecule is O=C(Nc1ccc(Cl)cc1)C(=O)N1CCC[C@H]1C[C@H](O)c1ccco1. The predicted octanol–water partition coefficient (Wildman–Crippen LogP) is 2.99. The van der Waals surface area contributed by atoms with Crippen molar-refractivity contribution in [1.82, 2.24) is 4.90 Å². The molecule has 6 nitrogen and oxygen atoms in total. The molecule has 2 atom stereocenters. The number of nitrogens with zero attached hydrogens (tertiary/aromatic N) is 1. The van der Waals surface area contributed by atoms with E-state index in [2.05, 4.69) is 5.32 Å². The number of amides is 2. The first-order valence-corrected chi connectivity index (χ1v) is 8.51. The van der Waals surface area contributed by atoms with Crippen LogP contribution in [0.1, 0.15) is 31.1 Å². The van der Waals surface area contributed by atoms with Crippen LogP contribution < -0.4 is 5.32 Å². The van der Waals surface area contributed by atoms with Gasteiger partial charge in [0.25, 0.3) is 0 Å². The van der Waals surface area contributed by atoms with Gasteiger partial charge in [0, 0.05) is 29.7 Å². The monoisotopic (exact) mass is 362 g/mol. The van der Waals surface area contributed by atoms with Gasteiger partial charge in [-0.05, 0) is 49.2 Å². The number of hydrogen-bond donors (Lipinski definition) is 2. The summed E-state index contributed by atoms with van der Waals surface area (Å²) in [5.41, 5.74) is 0.508. The third kappa shape index (κ3) is 4.21. The molecule has 7 heteroatoms. The zero-order valence-corrected chi connectivity index (χ0v) is 14.3. The van der Waals surface area contributed by atoms with Crippen molar-refractivity contribution in [1.29, 1.82) is 0 Å². The first-order valence-electron chi connectivity index (χ1n) is 8.13. The van der Waals surface area contributed by atoms with Crippen LogP contribution in [0.4, 0.5) is 5.69 Å². The van der Waals surface area contributed by atoms with Gasteiger partial charge >= 0.3 is 11.8 Å². The van der Waals surface area contributed by atoms with Crippen molar-refractivity contribution in [2.75, 3.05) is 11.9 Å². The number of furan rings is 1. The van der Waals surface area contributed by atoms with Crippen LogP contribution >= 0.6 is 11.6 Å². The summed E-state index contributed by atoms with van der Waals surface area (Å²) in [6.07, 6.45) is 2.59. The molecule has 1 aromatic carbocycles. The lowest BCUT2D eigenvalue weighted by Gasteiger charge is -2.25. The topological polar surface area (TPSA) is 82.8 Å². The van der Waals surface area contributed by atoms with E-state index in [1.54, 1.807) is 36.4 Å². The van der Waals surface area contributed by atoms with Crippen LogP contribution in [0.15, 0.2) is 47.1 Å². The summed E-state index contributed by atoms with van der Waals surface area (Å²) < 4.78 is 5.19. The molecule has 1 fully saturated rings. The Morgan fingerprint density at radius 1 is 1.32 bits per heavy atom. The van der Waals surface area contributed by atoms with Gasteiger partial charge in [-0.25, -0.2) is 0 Å². The lowest BCUT2D eigenvalue weighted by atomic mass is 10.1. The second-order valence-electron chi connectivity index (χ2n) is 6.02. The molecule has 3 rings (SSSR count). The van der Waals surface area contributed by atoms with E-state index in [0.29, 0.717) is 29.4 Å². The van der Waals surface area contributed by atoms with E-state index in [0.717, 1.165) is 12.8 Å². The average molecular weight is 363 g/mol. The first-order chi connectivity index (χ1) is 12.0. The van der Waals surface area contributed by atoms with Gasteiger partial charge in [0.15, 0.2) is 0 Å². The maximum Gasteiger partial charge on any atom is 0.313 e. The van der Waals surface area contributed by atoms with Crippen molar-refractivity contribution in [2.45, 2.75) is 31.4 Å². The molecule has 25 heavy (non-hydrogen) atoms. The van der Waals surface area contributed by atoms with Crippen molar-refractivity contribution >= 4 is 29.1 Å². The molecule has 1 aliphatic heterocycles. The number of aliphatic hydroxyl groups is 1. The van der Waals surface area contributed by atoms with Gasteiger partial charge in [-0.1, -0.05) is 11.6 Å². The number of nitrogens with one attached hydrogen (secondary N) is 1. The van der Waals surface area contributed by atoms with Crippen LogP contribution in [-0.2, 0) is 9.59 Å². The van der Waals surface area contributed by atoms with E-state index in [4.69, 9.17) is 16.0 Å². The molecule has 2 N–H and O–H groups in total. The Balaban J connectivity index is 1.61. The average Bonchev–Trinajstić information content (AvgIpc) is 3.27. The van der Waals surface area contributed by atoms with E-state index in [9.17, 15) is 14.7 Å². The molecular formula is C18H19ClN2O4. The van der Waals surface area contributed by atoms with Gasteiger partial charge < -0.3 is 19.7 Å². The number of carbonyl (C=O) groups is 2. The minimum absolute atomic E-state index is 0.191. The third-order valence-electron chi connectivity index (χ3n) is 4.30. The van der Waals surface area contributed by atoms with E-state index in [1.807, 2.05) is 0 Å². The predicted molar refractivity (Wildman–Crippen MR) is 93.1 cm³/mol. The fourth-order valence-electron chi connectivity index (χ4n) is 3.05. The van der Waals surface area contributed by atoms with Crippen LogP contribution in [-0.4, -0.2) is 34.4 Å². The molecule has 0 spiro atoms. The molecule has 2 aromatic rings. The van der Waals surface area contributed by atoms with Crippen molar-refractivity contribution in [3.63, 3.8) is 0 Å². The zero-order chi connectivity index (χ0) is 17.8. The van der Waals surface area contributed by atoms with Crippen molar-refractivity contribution < 1.29 is 19.1 Å². The Kier molecular flexibility index (Phi) is 5.40. The molecule has 0 radical (unpaired) electrons. The van der Waals surface area contributed by atoms with Crippen molar-refractivity contribution in [3.8, 4) is 0 Å². The minimum Gasteiger partial charge on any atom is -0.467 e. The highest BCUT2D eigenvalue weighted by Crippen LogP contribution is 2.28. The number of rotatable bonds is 4. The number of carbonyl (C=O) groups excluding carboxylic acids is 2. The zero-order valence-electron chi connectivity index (χ0n) is 13.5. The van der Waals surface area contributed by atoms with Gasteiger partial charge in [0.2, 0.25) is 0 Å². The van der Waals surface area contributed by atoms with Gasteiger partial charge in [0.05, 0.1) is 6.26 Å². The summed E-state index contributed by atoms with van der Waals surface area (Å²) in [6.45, 7) is 0.502. The maximum absolute atomic E-state index is 12.5. The maximum atomic E-state index is 12.5. The molecule has 1 saturated heterocycles. The van der Waals surface area contributed by atoms with Gasteiger partial charge in [0.1, 0.15) is 11.9 Å². The highest BCUT2D eigenvalue weighted by atomic mass is 35.5. The summed E-state index contributed by atoms with van der Waals surface area (Å²) in [4.78, 5) is 26.2. The second-order valence-corrected chi connectivity index (χ2v) is 6.46. The van der Waals surface area contributed by atoms with Gasteiger partial charge in [-0.2, -0.15) is 0 Å². The van der Waals surface area contributed by atoms with E-state index >= 15 is 0 Å². The highest BCUT2D eigenvalue weighted by Gasteiger charge is 2.34. The number of anilines is 1. The molecular weight excluding hydrogens is 344 g/mol. The fraction of sp³-hybridized carbons (Fsp3) is 0.333. The largest absolute Gasteiger partial charge is 0.467 e. The second kappa shape index (κ2) is 7.72. The van der Waals surface area contributed by atoms with Crippen LogP contribution in [0, 0.1) is 0 Å². The lowest BCUT2D eigenvalue weighted by molar-refractivity contribution is -0.144. The lowest BCUT2D eigenvalue weighted by Crippen LogP contribution is -2.43. The molecule has 132 valence electrons. The fourth-order valence-corrected chi connectivity index (χ4v) is 3.18. The summed E-state index contributed by atoms with van der Waals surface area (Å²) in [7, 11) is 0. The van der Waals surface area contributed by atoms with E-state index in [1.165, 1.54) is 11.2 Å². The molecule has 0 aliphatic carbocycles. The van der Waals surface area contributed by atoms with Crippen LogP contribution in [0.25, 0.3) is 0 Å². The summed E-state index contributed by atoms with van der Waals surface area (Å²) in [5.74, 6) is -0.823. The molecule has 0 bridgehead atoms. The Labute approximate surface area is 150 Å². The van der Waals surface area contributed by atoms with Crippen LogP contribution in [0.5, 0.6) is 0 Å². The van der Waals surface area contributed by atoms with E-state index in [-0.39, 0.29) is 6.04 Å². The molecule has 2 amide bonds. The van der Waals surface area contributed by atoms with Crippen molar-refractivity contribution in [3.05, 3.63) is 53.4 Å². The van der Waals surface area contributed by atoms with Gasteiger partial charge in [-0.3, -0.25) is 9.59 Å². The van der Waals surface area contributed by atoms with Crippen LogP contribution in [0.2, 0.25) is 5.02 Å². The summed E-state index contributed by atoms with van der Waals surface area (Å²) in [5, 5.41) is 13.4. The summed E-state index contributed by atoms with van der Waals surface area (Å²) >= 11 is 5.80. The Bertz CT molecular complexity index is 730. The highest BCUT2D eigenvalue weighted by molar-refractivity contribution is 6.39. The minimum atomic E-state index is -0.798. The van der Waals surface area contributed by atoms with Gasteiger partial charge in [-0.15, -0.1) is 0 Å². The molecule has 2 heterocycles. The number of hydrogen-bond acceptors (Lipinski definition) is 4. The summed E-state index contributed by atoms with van der Waals surface area (Å²) in [6, 6.07) is 9.75. The Morgan fingerprint density at radius 3 is 2.76 bits per heavy atom. The number of benzene rings is 1. The number of halogens is 1. The Morgan fingerprint density at radius 2 is 2.08 bits per heavy atom. The number of aliphatic hydroxyl groups excluding tert-OH is 1. The normalized spacial score (nSPS) is 18.2. The smallest absolute Gasteiger partial charge is 0.313 e. The molecule has 0 saturated carbocycles. The van der Waals surface area contributed by atoms with E-state index < -0.39 is 17.9 Å². The quantitative estimate of drug-likeness (QED) is 0.819. The third-order valence-corrected chi connectivity index (χ3v) is 4.55. The molecule has 1 aromatic heterocycles. The number of likely N-dealkylation sites (tertiary alicyclic amines) is 1. The van der Waals surface area contributed by atoms with Crippen LogP contribution in [0.3, 0.4) is 0 Å². The molecule has 0 unspecified atom stereocenters.